The maximum absolute atomic E-state index is 12.6. The Morgan fingerprint density at radius 2 is 1.88 bits per heavy atom. The predicted molar refractivity (Wildman–Crippen MR) is 90.7 cm³/mol. The van der Waals surface area contributed by atoms with E-state index in [2.05, 4.69) is 20.2 Å². The smallest absolute Gasteiger partial charge is 0.317 e. The maximum Gasteiger partial charge on any atom is 0.317 e. The van der Waals surface area contributed by atoms with E-state index in [4.69, 9.17) is 0 Å². The summed E-state index contributed by atoms with van der Waals surface area (Å²) in [4.78, 5) is 25.4. The van der Waals surface area contributed by atoms with Crippen molar-refractivity contribution >= 4 is 11.8 Å². The number of hydrogen-bond donors (Lipinski definition) is 1. The number of urea groups is 1. The fourth-order valence-electron chi connectivity index (χ4n) is 5.51. The molecule has 0 spiro atoms. The molecule has 1 saturated heterocycles. The molecular weight excluding hydrogens is 302 g/mol. The molecule has 2 bridgehead atoms. The molecule has 6 nitrogen and oxygen atoms in total. The number of hydrogen-bond acceptors (Lipinski definition) is 4. The van der Waals surface area contributed by atoms with Crippen molar-refractivity contribution in [3.8, 4) is 0 Å². The molecule has 4 aliphatic rings. The van der Waals surface area contributed by atoms with E-state index in [1.54, 1.807) is 6.20 Å². The van der Waals surface area contributed by atoms with E-state index in [-0.39, 0.29) is 6.03 Å². The van der Waals surface area contributed by atoms with Crippen LogP contribution >= 0.6 is 0 Å². The van der Waals surface area contributed by atoms with Gasteiger partial charge in [-0.2, -0.15) is 0 Å². The van der Waals surface area contributed by atoms with Gasteiger partial charge in [-0.1, -0.05) is 0 Å². The molecule has 0 radical (unpaired) electrons. The Bertz CT molecular complexity index is 641. The van der Waals surface area contributed by atoms with Gasteiger partial charge in [-0.05, 0) is 55.9 Å². The molecule has 1 aromatic rings. The number of amides is 2. The zero-order chi connectivity index (χ0) is 16.3. The van der Waals surface area contributed by atoms with Crippen molar-refractivity contribution in [2.75, 3.05) is 31.1 Å². The Labute approximate surface area is 142 Å². The van der Waals surface area contributed by atoms with Crippen LogP contribution in [0.1, 0.15) is 25.1 Å². The van der Waals surface area contributed by atoms with E-state index in [0.717, 1.165) is 61.5 Å². The molecule has 24 heavy (non-hydrogen) atoms. The molecule has 6 heteroatoms. The topological polar surface area (TPSA) is 61.4 Å². The number of anilines is 1. The van der Waals surface area contributed by atoms with Gasteiger partial charge in [0.15, 0.2) is 0 Å². The highest BCUT2D eigenvalue weighted by atomic mass is 16.2. The molecule has 3 saturated carbocycles. The number of nitrogens with zero attached hydrogens (tertiary/aromatic N) is 4. The van der Waals surface area contributed by atoms with Crippen LogP contribution in [0, 0.1) is 30.6 Å². The number of fused-ring (bicyclic) bond motifs is 5. The molecule has 0 aromatic carbocycles. The van der Waals surface area contributed by atoms with Crippen LogP contribution in [0.5, 0.6) is 0 Å². The summed E-state index contributed by atoms with van der Waals surface area (Å²) < 4.78 is 0. The Balaban J connectivity index is 1.15. The van der Waals surface area contributed by atoms with Gasteiger partial charge in [0.2, 0.25) is 0 Å². The van der Waals surface area contributed by atoms with Crippen molar-refractivity contribution in [3.05, 3.63) is 18.1 Å². The van der Waals surface area contributed by atoms with Crippen molar-refractivity contribution in [2.24, 2.45) is 23.7 Å². The van der Waals surface area contributed by atoms with Crippen LogP contribution in [0.4, 0.5) is 10.6 Å². The first kappa shape index (κ1) is 14.5. The van der Waals surface area contributed by atoms with Crippen LogP contribution in [-0.4, -0.2) is 53.1 Å². The molecule has 1 aromatic heterocycles. The average molecular weight is 327 g/mol. The highest BCUT2D eigenvalue weighted by Gasteiger charge is 2.65. The molecule has 128 valence electrons. The second kappa shape index (κ2) is 5.33. The number of nitrogens with one attached hydrogen (secondary N) is 1. The Morgan fingerprint density at radius 3 is 2.54 bits per heavy atom. The van der Waals surface area contributed by atoms with Crippen LogP contribution in [0.3, 0.4) is 0 Å². The van der Waals surface area contributed by atoms with E-state index >= 15 is 0 Å². The van der Waals surface area contributed by atoms with Crippen LogP contribution in [0.25, 0.3) is 0 Å². The van der Waals surface area contributed by atoms with Gasteiger partial charge in [0.05, 0.1) is 0 Å². The van der Waals surface area contributed by atoms with Gasteiger partial charge in [0.1, 0.15) is 11.6 Å². The molecule has 1 aliphatic heterocycles. The Morgan fingerprint density at radius 1 is 1.17 bits per heavy atom. The summed E-state index contributed by atoms with van der Waals surface area (Å²) in [5, 5.41) is 3.33. The second-order valence-electron chi connectivity index (χ2n) is 7.90. The lowest BCUT2D eigenvalue weighted by Crippen LogP contribution is -2.52. The summed E-state index contributed by atoms with van der Waals surface area (Å²) in [5.74, 6) is 5.18. The molecule has 0 unspecified atom stereocenters. The first-order chi connectivity index (χ1) is 11.7. The first-order valence-corrected chi connectivity index (χ1v) is 9.31. The molecule has 2 heterocycles. The molecule has 4 fully saturated rings. The van der Waals surface area contributed by atoms with Crippen molar-refractivity contribution in [3.63, 3.8) is 0 Å². The Hall–Kier alpha value is -1.85. The van der Waals surface area contributed by atoms with Crippen LogP contribution in [-0.2, 0) is 0 Å². The molecule has 2 amide bonds. The number of carbonyl (C=O) groups is 1. The zero-order valence-electron chi connectivity index (χ0n) is 14.2. The lowest BCUT2D eigenvalue weighted by Gasteiger charge is -2.35. The van der Waals surface area contributed by atoms with Crippen molar-refractivity contribution in [1.29, 1.82) is 0 Å². The SMILES string of the molecule is Cc1nccc(N2CCN(C(=O)NC3[C@@H]4[C@H]5CC[C@@H](C5)[C@@H]34)CC2)n1. The summed E-state index contributed by atoms with van der Waals surface area (Å²) in [6.07, 6.45) is 6.03. The second-order valence-corrected chi connectivity index (χ2v) is 7.90. The minimum atomic E-state index is 0.146. The standard InChI is InChI=1S/C18H25N5O/c1-11-19-5-4-14(20-11)22-6-8-23(9-7-22)18(24)21-17-15-12-2-3-13(10-12)16(15)17/h4-5,12-13,15-17H,2-3,6-10H2,1H3,(H,21,24)/t12-,13-,15+,16+/m0/s1. The lowest BCUT2D eigenvalue weighted by molar-refractivity contribution is 0.191. The normalized spacial score (nSPS) is 36.6. The van der Waals surface area contributed by atoms with Gasteiger partial charge < -0.3 is 15.1 Å². The lowest BCUT2D eigenvalue weighted by atomic mass is 10.0. The number of rotatable bonds is 2. The van der Waals surface area contributed by atoms with Crippen molar-refractivity contribution in [2.45, 2.75) is 32.2 Å². The van der Waals surface area contributed by atoms with Crippen LogP contribution in [0.2, 0.25) is 0 Å². The van der Waals surface area contributed by atoms with E-state index < -0.39 is 0 Å². The van der Waals surface area contributed by atoms with E-state index in [1.807, 2.05) is 17.9 Å². The number of aromatic nitrogens is 2. The molecule has 1 N–H and O–H groups in total. The van der Waals surface area contributed by atoms with Crippen molar-refractivity contribution in [1.82, 2.24) is 20.2 Å². The Kier molecular flexibility index (Phi) is 3.22. The van der Waals surface area contributed by atoms with Gasteiger partial charge in [0.25, 0.3) is 0 Å². The van der Waals surface area contributed by atoms with E-state index in [9.17, 15) is 4.79 Å². The monoisotopic (exact) mass is 327 g/mol. The van der Waals surface area contributed by atoms with Crippen molar-refractivity contribution < 1.29 is 4.79 Å². The number of piperazine rings is 1. The number of aryl methyl sites for hydroxylation is 1. The van der Waals surface area contributed by atoms with Crippen LogP contribution in [0.15, 0.2) is 12.3 Å². The van der Waals surface area contributed by atoms with Gasteiger partial charge in [0, 0.05) is 38.4 Å². The quantitative estimate of drug-likeness (QED) is 0.897. The largest absolute Gasteiger partial charge is 0.353 e. The summed E-state index contributed by atoms with van der Waals surface area (Å²) >= 11 is 0. The molecule has 5 rings (SSSR count). The van der Waals surface area contributed by atoms with Gasteiger partial charge in [-0.15, -0.1) is 0 Å². The fraction of sp³-hybridized carbons (Fsp3) is 0.722. The van der Waals surface area contributed by atoms with Gasteiger partial charge in [-0.3, -0.25) is 0 Å². The third-order valence-electron chi connectivity index (χ3n) is 6.68. The number of carbonyl (C=O) groups excluding carboxylic acids is 1. The summed E-state index contributed by atoms with van der Waals surface area (Å²) in [7, 11) is 0. The summed E-state index contributed by atoms with van der Waals surface area (Å²) in [6, 6.07) is 2.57. The molecular formula is C18H25N5O. The average Bonchev–Trinajstić information content (AvgIpc) is 2.98. The summed E-state index contributed by atoms with van der Waals surface area (Å²) in [5.41, 5.74) is 0. The van der Waals surface area contributed by atoms with Gasteiger partial charge >= 0.3 is 6.03 Å². The van der Waals surface area contributed by atoms with E-state index in [0.29, 0.717) is 6.04 Å². The molecule has 3 aliphatic carbocycles. The molecule has 4 atom stereocenters. The van der Waals surface area contributed by atoms with E-state index in [1.165, 1.54) is 19.3 Å². The predicted octanol–water partition coefficient (Wildman–Crippen LogP) is 1.66. The first-order valence-electron chi connectivity index (χ1n) is 9.31. The highest BCUT2D eigenvalue weighted by molar-refractivity contribution is 5.75. The van der Waals surface area contributed by atoms with Gasteiger partial charge in [-0.25, -0.2) is 14.8 Å². The minimum Gasteiger partial charge on any atom is -0.353 e. The fourth-order valence-corrected chi connectivity index (χ4v) is 5.51. The minimum absolute atomic E-state index is 0.146. The zero-order valence-corrected chi connectivity index (χ0v) is 14.2. The third-order valence-corrected chi connectivity index (χ3v) is 6.68. The summed E-state index contributed by atoms with van der Waals surface area (Å²) in [6.45, 7) is 5.12. The third kappa shape index (κ3) is 2.26. The maximum atomic E-state index is 12.6. The highest BCUT2D eigenvalue weighted by Crippen LogP contribution is 2.65. The van der Waals surface area contributed by atoms with Crippen LogP contribution < -0.4 is 10.2 Å².